The maximum absolute atomic E-state index is 11.8. The van der Waals surface area contributed by atoms with Gasteiger partial charge in [0.05, 0.1) is 6.04 Å². The lowest BCUT2D eigenvalue weighted by Gasteiger charge is -2.09. The molecule has 114 valence electrons. The van der Waals surface area contributed by atoms with E-state index in [1.807, 2.05) is 0 Å². The fraction of sp³-hybridized carbons (Fsp3) is 0.615. The van der Waals surface area contributed by atoms with E-state index < -0.39 is 0 Å². The van der Waals surface area contributed by atoms with Gasteiger partial charge in [0.25, 0.3) is 0 Å². The number of hydrogen-bond acceptors (Lipinski definition) is 7. The summed E-state index contributed by atoms with van der Waals surface area (Å²) in [6.07, 6.45) is 4.66. The Balaban J connectivity index is 1.69. The van der Waals surface area contributed by atoms with Gasteiger partial charge in [0.2, 0.25) is 18.2 Å². The van der Waals surface area contributed by atoms with E-state index in [4.69, 9.17) is 4.52 Å². The first-order chi connectivity index (χ1) is 10.2. The molecular weight excluding hydrogens is 274 g/mol. The molecule has 0 spiro atoms. The molecule has 0 aliphatic rings. The summed E-state index contributed by atoms with van der Waals surface area (Å²) in [6, 6.07) is -0.268. The van der Waals surface area contributed by atoms with Crippen molar-refractivity contribution in [1.29, 1.82) is 0 Å². The van der Waals surface area contributed by atoms with Crippen molar-refractivity contribution < 1.29 is 13.8 Å². The summed E-state index contributed by atoms with van der Waals surface area (Å²) in [7, 11) is 0. The van der Waals surface area contributed by atoms with Crippen molar-refractivity contribution >= 4 is 5.91 Å². The third kappa shape index (κ3) is 4.66. The van der Waals surface area contributed by atoms with Crippen molar-refractivity contribution in [1.82, 2.24) is 25.6 Å². The number of aromatic nitrogens is 4. The summed E-state index contributed by atoms with van der Waals surface area (Å²) in [5.41, 5.74) is 0. The van der Waals surface area contributed by atoms with Crippen LogP contribution in [0.5, 0.6) is 0 Å². The van der Waals surface area contributed by atoms with E-state index in [-0.39, 0.29) is 11.9 Å². The molecule has 2 rings (SSSR count). The van der Waals surface area contributed by atoms with Crippen LogP contribution in [0.15, 0.2) is 15.4 Å². The zero-order valence-corrected chi connectivity index (χ0v) is 12.2. The first kappa shape index (κ1) is 15.1. The Morgan fingerprint density at radius 1 is 1.38 bits per heavy atom. The fourth-order valence-electron chi connectivity index (χ4n) is 1.86. The van der Waals surface area contributed by atoms with Gasteiger partial charge in [0, 0.05) is 19.3 Å². The molecule has 2 aromatic rings. The van der Waals surface area contributed by atoms with Crippen molar-refractivity contribution in [3.05, 3.63) is 23.9 Å². The average Bonchev–Trinajstić information content (AvgIpc) is 3.10. The van der Waals surface area contributed by atoms with Crippen LogP contribution < -0.4 is 5.32 Å². The Labute approximate surface area is 122 Å². The lowest BCUT2D eigenvalue weighted by Crippen LogP contribution is -2.27. The Kier molecular flexibility index (Phi) is 5.42. The molecule has 0 unspecified atom stereocenters. The van der Waals surface area contributed by atoms with Crippen molar-refractivity contribution in [2.45, 2.75) is 52.0 Å². The van der Waals surface area contributed by atoms with Crippen LogP contribution in [-0.2, 0) is 17.6 Å². The molecule has 0 saturated carbocycles. The lowest BCUT2D eigenvalue weighted by molar-refractivity contribution is -0.121. The minimum Gasteiger partial charge on any atom is -0.346 e. The van der Waals surface area contributed by atoms with E-state index in [0.717, 1.165) is 18.7 Å². The van der Waals surface area contributed by atoms with Crippen LogP contribution in [0.2, 0.25) is 0 Å². The van der Waals surface area contributed by atoms with E-state index in [2.05, 4.69) is 37.0 Å². The molecule has 1 N–H and O–H groups in total. The van der Waals surface area contributed by atoms with Gasteiger partial charge < -0.3 is 14.4 Å². The highest BCUT2D eigenvalue weighted by atomic mass is 16.5. The van der Waals surface area contributed by atoms with E-state index >= 15 is 0 Å². The van der Waals surface area contributed by atoms with E-state index in [9.17, 15) is 4.79 Å². The number of rotatable bonds is 8. The molecule has 8 nitrogen and oxygen atoms in total. The molecule has 0 aromatic carbocycles. The summed E-state index contributed by atoms with van der Waals surface area (Å²) >= 11 is 0. The Hall–Kier alpha value is -2.25. The van der Waals surface area contributed by atoms with Gasteiger partial charge in [0.15, 0.2) is 11.6 Å². The zero-order valence-electron chi connectivity index (χ0n) is 12.2. The van der Waals surface area contributed by atoms with Gasteiger partial charge in [-0.25, -0.2) is 0 Å². The fourth-order valence-corrected chi connectivity index (χ4v) is 1.86. The van der Waals surface area contributed by atoms with Gasteiger partial charge in [-0.1, -0.05) is 17.2 Å². The van der Waals surface area contributed by atoms with E-state index in [1.54, 1.807) is 6.92 Å². The molecule has 21 heavy (non-hydrogen) atoms. The summed E-state index contributed by atoms with van der Waals surface area (Å²) < 4.78 is 9.75. The number of carbonyl (C=O) groups is 1. The molecule has 0 aliphatic heterocycles. The van der Waals surface area contributed by atoms with Gasteiger partial charge in [0.1, 0.15) is 0 Å². The smallest absolute Gasteiger partial charge is 0.226 e. The second-order valence-corrected chi connectivity index (χ2v) is 4.79. The number of nitrogens with zero attached hydrogens (tertiary/aromatic N) is 4. The highest BCUT2D eigenvalue weighted by Crippen LogP contribution is 2.08. The monoisotopic (exact) mass is 293 g/mol. The molecule has 0 bridgehead atoms. The topological polar surface area (TPSA) is 107 Å². The molecule has 0 radical (unpaired) electrons. The minimum atomic E-state index is -0.268. The quantitative estimate of drug-likeness (QED) is 0.787. The molecule has 0 saturated heterocycles. The summed E-state index contributed by atoms with van der Waals surface area (Å²) in [4.78, 5) is 19.9. The molecular formula is C13H19N5O3. The first-order valence-electron chi connectivity index (χ1n) is 7.06. The average molecular weight is 293 g/mol. The number of nitrogens with one attached hydrogen (secondary N) is 1. The first-order valence-corrected chi connectivity index (χ1v) is 7.06. The molecule has 0 aliphatic carbocycles. The van der Waals surface area contributed by atoms with Crippen LogP contribution in [0.4, 0.5) is 0 Å². The second-order valence-electron chi connectivity index (χ2n) is 4.79. The van der Waals surface area contributed by atoms with E-state index in [1.165, 1.54) is 6.39 Å². The van der Waals surface area contributed by atoms with Crippen molar-refractivity contribution in [2.75, 3.05) is 0 Å². The van der Waals surface area contributed by atoms with Crippen molar-refractivity contribution in [2.24, 2.45) is 0 Å². The summed E-state index contributed by atoms with van der Waals surface area (Å²) in [6.45, 7) is 3.86. The number of amides is 1. The number of carbonyl (C=O) groups excluding carboxylic acids is 1. The molecule has 1 atom stereocenters. The van der Waals surface area contributed by atoms with Crippen LogP contribution >= 0.6 is 0 Å². The predicted octanol–water partition coefficient (Wildman–Crippen LogP) is 1.61. The summed E-state index contributed by atoms with van der Waals surface area (Å²) in [5, 5.41) is 10.4. The standard InChI is InChI=1S/C13H19N5O3/c1-3-5-10-16-12(21-17-10)7-4-6-11(19)15-9(2)13-14-8-20-18-13/h8-9H,3-7H2,1-2H3,(H,15,19)/t9-/m1/s1. The maximum atomic E-state index is 11.8. The Morgan fingerprint density at radius 2 is 2.24 bits per heavy atom. The van der Waals surface area contributed by atoms with Gasteiger partial charge >= 0.3 is 0 Å². The predicted molar refractivity (Wildman–Crippen MR) is 72.1 cm³/mol. The third-order valence-electron chi connectivity index (χ3n) is 2.92. The van der Waals surface area contributed by atoms with Gasteiger partial charge in [-0.05, 0) is 19.8 Å². The largest absolute Gasteiger partial charge is 0.346 e. The van der Waals surface area contributed by atoms with Crippen LogP contribution in [0.3, 0.4) is 0 Å². The number of hydrogen-bond donors (Lipinski definition) is 1. The normalized spacial score (nSPS) is 12.3. The van der Waals surface area contributed by atoms with Gasteiger partial charge in [-0.15, -0.1) is 0 Å². The van der Waals surface area contributed by atoms with Crippen LogP contribution in [0, 0.1) is 0 Å². The second kappa shape index (κ2) is 7.51. The molecule has 2 heterocycles. The third-order valence-corrected chi connectivity index (χ3v) is 2.92. The van der Waals surface area contributed by atoms with Crippen LogP contribution in [0.1, 0.15) is 56.7 Å². The molecule has 8 heteroatoms. The molecule has 2 aromatic heterocycles. The summed E-state index contributed by atoms with van der Waals surface area (Å²) in [5.74, 6) is 1.70. The minimum absolute atomic E-state index is 0.0689. The highest BCUT2D eigenvalue weighted by Gasteiger charge is 2.13. The zero-order chi connectivity index (χ0) is 15.1. The maximum Gasteiger partial charge on any atom is 0.226 e. The molecule has 1 amide bonds. The number of aryl methyl sites for hydroxylation is 2. The van der Waals surface area contributed by atoms with Crippen molar-refractivity contribution in [3.8, 4) is 0 Å². The van der Waals surface area contributed by atoms with Crippen molar-refractivity contribution in [3.63, 3.8) is 0 Å². The highest BCUT2D eigenvalue weighted by molar-refractivity contribution is 5.76. The van der Waals surface area contributed by atoms with Gasteiger partial charge in [-0.3, -0.25) is 4.79 Å². The van der Waals surface area contributed by atoms with Gasteiger partial charge in [-0.2, -0.15) is 9.97 Å². The SMILES string of the molecule is CCCc1noc(CCCC(=O)N[C@H](C)c2ncon2)n1. The Bertz CT molecular complexity index is 552. The van der Waals surface area contributed by atoms with E-state index in [0.29, 0.717) is 31.0 Å². The Morgan fingerprint density at radius 3 is 2.95 bits per heavy atom. The lowest BCUT2D eigenvalue weighted by atomic mass is 10.2. The molecule has 0 fully saturated rings. The van der Waals surface area contributed by atoms with Crippen LogP contribution in [0.25, 0.3) is 0 Å². The van der Waals surface area contributed by atoms with Crippen LogP contribution in [-0.4, -0.2) is 26.2 Å².